The lowest BCUT2D eigenvalue weighted by atomic mass is 10.2. The van der Waals surface area contributed by atoms with E-state index in [9.17, 15) is 9.59 Å². The van der Waals surface area contributed by atoms with Crippen LogP contribution in [0.1, 0.15) is 28.4 Å². The van der Waals surface area contributed by atoms with Crippen molar-refractivity contribution in [2.24, 2.45) is 0 Å². The Kier molecular flexibility index (Phi) is 4.02. The van der Waals surface area contributed by atoms with Crippen molar-refractivity contribution in [1.82, 2.24) is 4.98 Å². The second-order valence-electron chi connectivity index (χ2n) is 4.86. The molecule has 0 spiro atoms. The Morgan fingerprint density at radius 1 is 1.27 bits per heavy atom. The van der Waals surface area contributed by atoms with Gasteiger partial charge in [0.25, 0.3) is 0 Å². The topological polar surface area (TPSA) is 72.2 Å². The number of anilines is 1. The van der Waals surface area contributed by atoms with Crippen LogP contribution in [0.25, 0.3) is 11.1 Å². The third kappa shape index (κ3) is 3.23. The Morgan fingerprint density at radius 2 is 2.14 bits per heavy atom. The minimum Gasteiger partial charge on any atom is -0.441 e. The number of thiophene rings is 1. The third-order valence-corrected chi connectivity index (χ3v) is 4.06. The summed E-state index contributed by atoms with van der Waals surface area (Å²) in [5.74, 6) is 0.386. The van der Waals surface area contributed by atoms with Gasteiger partial charge in [-0.1, -0.05) is 6.07 Å². The fourth-order valence-electron chi connectivity index (χ4n) is 2.13. The van der Waals surface area contributed by atoms with Crippen molar-refractivity contribution in [2.75, 3.05) is 5.32 Å². The van der Waals surface area contributed by atoms with Crippen molar-refractivity contribution in [3.05, 3.63) is 46.5 Å². The molecule has 3 aromatic rings. The second-order valence-corrected chi connectivity index (χ2v) is 5.81. The number of fused-ring (bicyclic) bond motifs is 1. The van der Waals surface area contributed by atoms with Gasteiger partial charge < -0.3 is 9.73 Å². The van der Waals surface area contributed by atoms with Crippen molar-refractivity contribution in [3.8, 4) is 0 Å². The number of ketones is 1. The fourth-order valence-corrected chi connectivity index (χ4v) is 2.83. The Bertz CT molecular complexity index is 821. The second kappa shape index (κ2) is 6.11. The number of aryl methyl sites for hydroxylation is 1. The molecule has 1 aromatic carbocycles. The number of benzene rings is 1. The molecule has 0 aliphatic rings. The van der Waals surface area contributed by atoms with E-state index in [1.165, 1.54) is 11.3 Å². The van der Waals surface area contributed by atoms with Gasteiger partial charge in [-0.3, -0.25) is 9.59 Å². The summed E-state index contributed by atoms with van der Waals surface area (Å²) in [5, 5.41) is 4.62. The van der Waals surface area contributed by atoms with E-state index in [0.717, 1.165) is 0 Å². The van der Waals surface area contributed by atoms with Crippen LogP contribution < -0.4 is 5.32 Å². The predicted molar refractivity (Wildman–Crippen MR) is 85.3 cm³/mol. The molecular formula is C16H14N2O3S. The van der Waals surface area contributed by atoms with E-state index in [0.29, 0.717) is 27.6 Å². The smallest absolute Gasteiger partial charge is 0.224 e. The molecule has 0 aliphatic carbocycles. The maximum absolute atomic E-state index is 11.9. The molecule has 0 saturated heterocycles. The molecule has 0 radical (unpaired) electrons. The number of carbonyl (C=O) groups is 2. The van der Waals surface area contributed by atoms with Gasteiger partial charge in [0.1, 0.15) is 5.52 Å². The van der Waals surface area contributed by atoms with E-state index >= 15 is 0 Å². The van der Waals surface area contributed by atoms with Crippen LogP contribution in [-0.4, -0.2) is 16.7 Å². The van der Waals surface area contributed by atoms with Gasteiger partial charge in [-0.15, -0.1) is 11.3 Å². The maximum Gasteiger partial charge on any atom is 0.224 e. The molecule has 5 nitrogen and oxygen atoms in total. The molecule has 1 amide bonds. The zero-order chi connectivity index (χ0) is 15.5. The number of rotatable bonds is 5. The molecule has 6 heteroatoms. The van der Waals surface area contributed by atoms with Gasteiger partial charge >= 0.3 is 0 Å². The minimum absolute atomic E-state index is 0.00673. The molecule has 1 N–H and O–H groups in total. The highest BCUT2D eigenvalue weighted by molar-refractivity contribution is 7.12. The van der Waals surface area contributed by atoms with Crippen molar-refractivity contribution in [3.63, 3.8) is 0 Å². The molecule has 2 aromatic heterocycles. The lowest BCUT2D eigenvalue weighted by molar-refractivity contribution is -0.116. The van der Waals surface area contributed by atoms with Gasteiger partial charge in [0, 0.05) is 25.5 Å². The zero-order valence-corrected chi connectivity index (χ0v) is 12.8. The van der Waals surface area contributed by atoms with E-state index < -0.39 is 0 Å². The molecular weight excluding hydrogens is 300 g/mol. The van der Waals surface area contributed by atoms with Gasteiger partial charge in [-0.25, -0.2) is 4.98 Å². The molecule has 0 bridgehead atoms. The number of nitrogens with one attached hydrogen (secondary N) is 1. The van der Waals surface area contributed by atoms with E-state index in [1.807, 2.05) is 11.4 Å². The number of nitrogens with zero attached hydrogens (tertiary/aromatic N) is 1. The van der Waals surface area contributed by atoms with Gasteiger partial charge in [0.05, 0.1) is 4.88 Å². The summed E-state index contributed by atoms with van der Waals surface area (Å²) < 4.78 is 5.38. The molecule has 0 unspecified atom stereocenters. The molecule has 3 rings (SSSR count). The summed E-state index contributed by atoms with van der Waals surface area (Å²) >= 11 is 1.39. The average Bonchev–Trinajstić information content (AvgIpc) is 3.12. The van der Waals surface area contributed by atoms with Gasteiger partial charge in [0.15, 0.2) is 17.3 Å². The Balaban J connectivity index is 1.59. The Hall–Kier alpha value is -2.47. The molecule has 0 aliphatic heterocycles. The fraction of sp³-hybridized carbons (Fsp3) is 0.188. The van der Waals surface area contributed by atoms with Crippen molar-refractivity contribution >= 4 is 39.8 Å². The van der Waals surface area contributed by atoms with Crippen LogP contribution in [0.3, 0.4) is 0 Å². The zero-order valence-electron chi connectivity index (χ0n) is 12.0. The lowest BCUT2D eigenvalue weighted by Gasteiger charge is -2.04. The molecule has 0 saturated carbocycles. The lowest BCUT2D eigenvalue weighted by Crippen LogP contribution is -2.13. The SMILES string of the molecule is Cc1nc2cc(NC(=O)CCC(=O)c3cccs3)ccc2o1. The Labute approximate surface area is 131 Å². The summed E-state index contributed by atoms with van der Waals surface area (Å²) in [4.78, 5) is 28.7. The van der Waals surface area contributed by atoms with Gasteiger partial charge in [-0.05, 0) is 29.6 Å². The molecule has 0 atom stereocenters. The summed E-state index contributed by atoms with van der Waals surface area (Å²) in [6.07, 6.45) is 0.365. The quantitative estimate of drug-likeness (QED) is 0.727. The predicted octanol–water partition coefficient (Wildman–Crippen LogP) is 3.80. The minimum atomic E-state index is -0.190. The number of oxazole rings is 1. The first kappa shape index (κ1) is 14.5. The number of amides is 1. The van der Waals surface area contributed by atoms with Crippen LogP contribution in [-0.2, 0) is 4.79 Å². The molecule has 112 valence electrons. The highest BCUT2D eigenvalue weighted by Gasteiger charge is 2.11. The van der Waals surface area contributed by atoms with Crippen molar-refractivity contribution in [1.29, 1.82) is 0 Å². The summed E-state index contributed by atoms with van der Waals surface area (Å²) in [5.41, 5.74) is 2.03. The van der Waals surface area contributed by atoms with Gasteiger partial charge in [0.2, 0.25) is 5.91 Å². The summed E-state index contributed by atoms with van der Waals surface area (Å²) in [7, 11) is 0. The molecule has 2 heterocycles. The van der Waals surface area contributed by atoms with Crippen LogP contribution in [0.15, 0.2) is 40.1 Å². The first-order valence-electron chi connectivity index (χ1n) is 6.85. The van der Waals surface area contributed by atoms with Crippen LogP contribution in [0.4, 0.5) is 5.69 Å². The van der Waals surface area contributed by atoms with Crippen LogP contribution in [0.5, 0.6) is 0 Å². The Morgan fingerprint density at radius 3 is 2.91 bits per heavy atom. The average molecular weight is 314 g/mol. The van der Waals surface area contributed by atoms with E-state index in [2.05, 4.69) is 10.3 Å². The summed E-state index contributed by atoms with van der Waals surface area (Å²) in [6, 6.07) is 8.87. The first-order chi connectivity index (χ1) is 10.6. The largest absolute Gasteiger partial charge is 0.441 e. The van der Waals surface area contributed by atoms with Crippen LogP contribution in [0, 0.1) is 6.92 Å². The molecule has 0 fully saturated rings. The number of Topliss-reactive ketones (excluding diaryl/α,β-unsaturated/α-hetero) is 1. The highest BCUT2D eigenvalue weighted by Crippen LogP contribution is 2.20. The van der Waals surface area contributed by atoms with Crippen molar-refractivity contribution in [2.45, 2.75) is 19.8 Å². The first-order valence-corrected chi connectivity index (χ1v) is 7.73. The third-order valence-electron chi connectivity index (χ3n) is 3.15. The standard InChI is InChI=1S/C16H14N2O3S/c1-10-17-12-9-11(4-6-14(12)21-10)18-16(20)7-5-13(19)15-3-2-8-22-15/h2-4,6,8-9H,5,7H2,1H3,(H,18,20). The van der Waals surface area contributed by atoms with Crippen molar-refractivity contribution < 1.29 is 14.0 Å². The maximum atomic E-state index is 11.9. The van der Waals surface area contributed by atoms with E-state index in [4.69, 9.17) is 4.42 Å². The highest BCUT2D eigenvalue weighted by atomic mass is 32.1. The number of carbonyl (C=O) groups excluding carboxylic acids is 2. The number of hydrogen-bond donors (Lipinski definition) is 1. The van der Waals surface area contributed by atoms with Crippen LogP contribution in [0.2, 0.25) is 0 Å². The molecule has 22 heavy (non-hydrogen) atoms. The van der Waals surface area contributed by atoms with Gasteiger partial charge in [-0.2, -0.15) is 0 Å². The normalized spacial score (nSPS) is 10.8. The van der Waals surface area contributed by atoms with E-state index in [-0.39, 0.29) is 24.5 Å². The van der Waals surface area contributed by atoms with E-state index in [1.54, 1.807) is 31.2 Å². The summed E-state index contributed by atoms with van der Waals surface area (Å²) in [6.45, 7) is 1.77. The monoisotopic (exact) mass is 314 g/mol. The number of hydrogen-bond acceptors (Lipinski definition) is 5. The van der Waals surface area contributed by atoms with Crippen LogP contribution >= 0.6 is 11.3 Å². The number of aromatic nitrogens is 1.